The maximum absolute atomic E-state index is 8.56. The summed E-state index contributed by atoms with van der Waals surface area (Å²) >= 11 is 6.65. The molecule has 0 fully saturated rings. The van der Waals surface area contributed by atoms with Crippen molar-refractivity contribution in [2.75, 3.05) is 0 Å². The molecule has 0 aliphatic rings. The number of nitrogens with zero attached hydrogens (tertiary/aromatic N) is 3. The summed E-state index contributed by atoms with van der Waals surface area (Å²) in [4.78, 5) is 8.02. The van der Waals surface area contributed by atoms with Gasteiger partial charge in [-0.3, -0.25) is 0 Å². The first-order valence-electron chi connectivity index (χ1n) is 3.69. The van der Waals surface area contributed by atoms with Crippen molar-refractivity contribution >= 4 is 31.9 Å². The SMILES string of the molecule is C[C@H](CC#N)c1c(Br)ncnc1Br. The smallest absolute Gasteiger partial charge is 0.118 e. The first-order valence-corrected chi connectivity index (χ1v) is 5.28. The number of hydrogen-bond acceptors (Lipinski definition) is 3. The lowest BCUT2D eigenvalue weighted by molar-refractivity contribution is 0.761. The molecule has 0 amide bonds. The summed E-state index contributed by atoms with van der Waals surface area (Å²) in [6.07, 6.45) is 1.93. The monoisotopic (exact) mass is 303 g/mol. The van der Waals surface area contributed by atoms with Gasteiger partial charge in [0.2, 0.25) is 0 Å². The second-order valence-electron chi connectivity index (χ2n) is 2.63. The Balaban J connectivity index is 3.06. The summed E-state index contributed by atoms with van der Waals surface area (Å²) < 4.78 is 1.49. The largest absolute Gasteiger partial charge is 0.229 e. The molecule has 0 saturated carbocycles. The van der Waals surface area contributed by atoms with Crippen LogP contribution in [0.2, 0.25) is 0 Å². The van der Waals surface area contributed by atoms with Crippen LogP contribution < -0.4 is 0 Å². The molecule has 13 heavy (non-hydrogen) atoms. The van der Waals surface area contributed by atoms with Gasteiger partial charge in [0.1, 0.15) is 15.5 Å². The van der Waals surface area contributed by atoms with Crippen LogP contribution in [-0.4, -0.2) is 9.97 Å². The van der Waals surface area contributed by atoms with Gasteiger partial charge in [0.05, 0.1) is 6.07 Å². The van der Waals surface area contributed by atoms with Crippen molar-refractivity contribution in [3.63, 3.8) is 0 Å². The van der Waals surface area contributed by atoms with Crippen molar-refractivity contribution in [3.8, 4) is 6.07 Å². The molecule has 1 heterocycles. The molecule has 0 unspecified atom stereocenters. The maximum atomic E-state index is 8.56. The van der Waals surface area contributed by atoms with E-state index < -0.39 is 0 Å². The van der Waals surface area contributed by atoms with Gasteiger partial charge in [-0.05, 0) is 37.8 Å². The topological polar surface area (TPSA) is 49.6 Å². The third-order valence-corrected chi connectivity index (χ3v) is 2.94. The van der Waals surface area contributed by atoms with Crippen molar-refractivity contribution in [2.24, 2.45) is 0 Å². The van der Waals surface area contributed by atoms with Gasteiger partial charge in [0.25, 0.3) is 0 Å². The van der Waals surface area contributed by atoms with Gasteiger partial charge in [0, 0.05) is 12.0 Å². The van der Waals surface area contributed by atoms with Gasteiger partial charge in [-0.2, -0.15) is 5.26 Å². The zero-order valence-corrected chi connectivity index (χ0v) is 10.1. The Kier molecular flexibility index (Phi) is 3.82. The number of nitriles is 1. The van der Waals surface area contributed by atoms with Crippen LogP contribution >= 0.6 is 31.9 Å². The Labute approximate surface area is 93.5 Å². The number of rotatable bonds is 2. The molecule has 1 atom stereocenters. The molecule has 1 aromatic heterocycles. The molecule has 0 bridgehead atoms. The molecule has 0 saturated heterocycles. The van der Waals surface area contributed by atoms with Gasteiger partial charge < -0.3 is 0 Å². The van der Waals surface area contributed by atoms with Crippen LogP contribution in [0.1, 0.15) is 24.8 Å². The van der Waals surface area contributed by atoms with Crippen LogP contribution in [-0.2, 0) is 0 Å². The van der Waals surface area contributed by atoms with Gasteiger partial charge in [-0.15, -0.1) is 0 Å². The van der Waals surface area contributed by atoms with Crippen LogP contribution in [0.3, 0.4) is 0 Å². The molecule has 0 N–H and O–H groups in total. The van der Waals surface area contributed by atoms with Crippen molar-refractivity contribution in [2.45, 2.75) is 19.3 Å². The molecule has 1 rings (SSSR count). The van der Waals surface area contributed by atoms with E-state index in [2.05, 4.69) is 47.9 Å². The number of halogens is 2. The zero-order valence-electron chi connectivity index (χ0n) is 6.96. The molecule has 0 aromatic carbocycles. The highest BCUT2D eigenvalue weighted by Crippen LogP contribution is 2.30. The molecule has 3 nitrogen and oxygen atoms in total. The normalized spacial score (nSPS) is 12.2. The first kappa shape index (κ1) is 10.6. The second-order valence-corrected chi connectivity index (χ2v) is 4.13. The van der Waals surface area contributed by atoms with E-state index in [0.29, 0.717) is 6.42 Å². The Morgan fingerprint density at radius 2 is 2.00 bits per heavy atom. The van der Waals surface area contributed by atoms with E-state index in [4.69, 9.17) is 5.26 Å². The third-order valence-electron chi connectivity index (χ3n) is 1.68. The first-order chi connectivity index (χ1) is 6.16. The van der Waals surface area contributed by atoms with Crippen LogP contribution in [0, 0.1) is 11.3 Å². The quantitative estimate of drug-likeness (QED) is 0.789. The van der Waals surface area contributed by atoms with Crippen LogP contribution in [0.4, 0.5) is 0 Å². The fourth-order valence-corrected chi connectivity index (χ4v) is 2.61. The Morgan fingerprint density at radius 3 is 2.46 bits per heavy atom. The highest BCUT2D eigenvalue weighted by atomic mass is 79.9. The summed E-state index contributed by atoms with van der Waals surface area (Å²) in [6.45, 7) is 1.97. The number of hydrogen-bond donors (Lipinski definition) is 0. The lowest BCUT2D eigenvalue weighted by Gasteiger charge is -2.09. The summed E-state index contributed by atoms with van der Waals surface area (Å²) in [5.74, 6) is 0.134. The zero-order chi connectivity index (χ0) is 9.84. The van der Waals surface area contributed by atoms with Gasteiger partial charge in [-0.25, -0.2) is 9.97 Å². The minimum atomic E-state index is 0.134. The Hall–Kier alpha value is -0.470. The van der Waals surface area contributed by atoms with E-state index in [-0.39, 0.29) is 5.92 Å². The van der Waals surface area contributed by atoms with E-state index in [0.717, 1.165) is 14.8 Å². The van der Waals surface area contributed by atoms with E-state index in [1.165, 1.54) is 6.33 Å². The standard InChI is InChI=1S/C8H7Br2N3/c1-5(2-3-11)6-7(9)12-4-13-8(6)10/h4-5H,2H2,1H3/t5-/m1/s1. The molecule has 0 radical (unpaired) electrons. The maximum Gasteiger partial charge on any atom is 0.118 e. The fraction of sp³-hybridized carbons (Fsp3) is 0.375. The predicted octanol–water partition coefficient (Wildman–Crippen LogP) is 3.02. The highest BCUT2D eigenvalue weighted by molar-refractivity contribution is 9.11. The highest BCUT2D eigenvalue weighted by Gasteiger charge is 2.14. The summed E-state index contributed by atoms with van der Waals surface area (Å²) in [5, 5.41) is 8.56. The molecular formula is C8H7Br2N3. The molecule has 5 heteroatoms. The second kappa shape index (κ2) is 4.68. The van der Waals surface area contributed by atoms with Gasteiger partial charge in [-0.1, -0.05) is 6.92 Å². The molecule has 0 spiro atoms. The average Bonchev–Trinajstić information content (AvgIpc) is 2.04. The lowest BCUT2D eigenvalue weighted by atomic mass is 10.0. The van der Waals surface area contributed by atoms with Crippen LogP contribution in [0.15, 0.2) is 15.5 Å². The molecule has 68 valence electrons. The molecular weight excluding hydrogens is 298 g/mol. The molecule has 0 aliphatic carbocycles. The van der Waals surface area contributed by atoms with Gasteiger partial charge in [0.15, 0.2) is 0 Å². The van der Waals surface area contributed by atoms with Crippen LogP contribution in [0.5, 0.6) is 0 Å². The van der Waals surface area contributed by atoms with Crippen LogP contribution in [0.25, 0.3) is 0 Å². The predicted molar refractivity (Wildman–Crippen MR) is 56.1 cm³/mol. The van der Waals surface area contributed by atoms with Gasteiger partial charge >= 0.3 is 0 Å². The molecule has 1 aromatic rings. The van der Waals surface area contributed by atoms with Crippen molar-refractivity contribution in [1.82, 2.24) is 9.97 Å². The van der Waals surface area contributed by atoms with E-state index in [1.807, 2.05) is 6.92 Å². The van der Waals surface area contributed by atoms with E-state index >= 15 is 0 Å². The molecule has 0 aliphatic heterocycles. The average molecular weight is 305 g/mol. The Morgan fingerprint density at radius 1 is 1.46 bits per heavy atom. The Bertz CT molecular complexity index is 325. The van der Waals surface area contributed by atoms with E-state index in [1.54, 1.807) is 0 Å². The number of aromatic nitrogens is 2. The van der Waals surface area contributed by atoms with Crippen molar-refractivity contribution in [1.29, 1.82) is 5.26 Å². The van der Waals surface area contributed by atoms with Crippen molar-refractivity contribution in [3.05, 3.63) is 21.1 Å². The summed E-state index contributed by atoms with van der Waals surface area (Å²) in [7, 11) is 0. The lowest BCUT2D eigenvalue weighted by Crippen LogP contribution is -1.98. The third kappa shape index (κ3) is 2.48. The van der Waals surface area contributed by atoms with Crippen molar-refractivity contribution < 1.29 is 0 Å². The fourth-order valence-electron chi connectivity index (χ4n) is 1.00. The van der Waals surface area contributed by atoms with E-state index in [9.17, 15) is 0 Å². The minimum absolute atomic E-state index is 0.134. The summed E-state index contributed by atoms with van der Waals surface area (Å²) in [5.41, 5.74) is 0.948. The summed E-state index contributed by atoms with van der Waals surface area (Å²) in [6, 6.07) is 2.12. The minimum Gasteiger partial charge on any atom is -0.229 e.